The van der Waals surface area contributed by atoms with Gasteiger partial charge in [-0.15, -0.1) is 0 Å². The number of hydrogen-bond donors (Lipinski definition) is 3. The van der Waals surface area contributed by atoms with Crippen molar-refractivity contribution in [2.45, 2.75) is 0 Å². The second-order valence-electron chi connectivity index (χ2n) is 3.52. The van der Waals surface area contributed by atoms with E-state index in [1.807, 2.05) is 30.3 Å². The number of nitrogens with two attached hydrogens (primary N) is 2. The zero-order valence-corrected chi connectivity index (χ0v) is 9.05. The van der Waals surface area contributed by atoms with E-state index in [4.69, 9.17) is 11.5 Å². The van der Waals surface area contributed by atoms with Gasteiger partial charge < -0.3 is 16.8 Å². The van der Waals surface area contributed by atoms with E-state index in [0.29, 0.717) is 11.5 Å². The van der Waals surface area contributed by atoms with E-state index < -0.39 is 5.91 Å². The van der Waals surface area contributed by atoms with Crippen LogP contribution in [0.4, 0.5) is 17.2 Å². The van der Waals surface area contributed by atoms with Gasteiger partial charge in [0.25, 0.3) is 5.91 Å². The molecule has 1 amide bonds. The number of anilines is 3. The third-order valence-corrected chi connectivity index (χ3v) is 2.21. The maximum atomic E-state index is 11.3. The van der Waals surface area contributed by atoms with Gasteiger partial charge in [0.05, 0.1) is 17.4 Å². The van der Waals surface area contributed by atoms with Gasteiger partial charge in [-0.2, -0.15) is 0 Å². The standard InChI is InChI=1S/C12H12N4O/c13-8-6-10(11(14)17)12(15-7-8)16-9-4-2-1-3-5-9/h1-7H,13H2,(H2,14,17)(H,15,16). The Morgan fingerprint density at radius 3 is 2.59 bits per heavy atom. The zero-order valence-electron chi connectivity index (χ0n) is 9.05. The summed E-state index contributed by atoms with van der Waals surface area (Å²) in [4.78, 5) is 15.3. The van der Waals surface area contributed by atoms with Crippen LogP contribution in [0.5, 0.6) is 0 Å². The molecule has 0 aliphatic carbocycles. The number of amides is 1. The highest BCUT2D eigenvalue weighted by atomic mass is 16.1. The molecular weight excluding hydrogens is 216 g/mol. The van der Waals surface area contributed by atoms with E-state index in [1.165, 1.54) is 12.3 Å². The average Bonchev–Trinajstić information content (AvgIpc) is 2.32. The summed E-state index contributed by atoms with van der Waals surface area (Å²) in [5, 5.41) is 3.01. The number of benzene rings is 1. The van der Waals surface area contributed by atoms with Crippen molar-refractivity contribution in [1.82, 2.24) is 4.98 Å². The number of primary amides is 1. The van der Waals surface area contributed by atoms with Gasteiger partial charge in [0, 0.05) is 5.69 Å². The summed E-state index contributed by atoms with van der Waals surface area (Å²) in [5.41, 5.74) is 12.3. The first-order chi connectivity index (χ1) is 8.16. The molecule has 0 atom stereocenters. The van der Waals surface area contributed by atoms with Gasteiger partial charge >= 0.3 is 0 Å². The fourth-order valence-electron chi connectivity index (χ4n) is 1.43. The minimum absolute atomic E-state index is 0.272. The number of aromatic nitrogens is 1. The number of carbonyl (C=O) groups is 1. The quantitative estimate of drug-likeness (QED) is 0.742. The van der Waals surface area contributed by atoms with Crippen LogP contribution >= 0.6 is 0 Å². The lowest BCUT2D eigenvalue weighted by Gasteiger charge is -2.09. The van der Waals surface area contributed by atoms with Crippen LogP contribution in [0.2, 0.25) is 0 Å². The van der Waals surface area contributed by atoms with Crippen LogP contribution in [0.1, 0.15) is 10.4 Å². The smallest absolute Gasteiger partial charge is 0.252 e. The fraction of sp³-hybridized carbons (Fsp3) is 0. The highest BCUT2D eigenvalue weighted by Crippen LogP contribution is 2.19. The van der Waals surface area contributed by atoms with Crippen molar-refractivity contribution in [2.24, 2.45) is 5.73 Å². The topological polar surface area (TPSA) is 94.0 Å². The SMILES string of the molecule is NC(=O)c1cc(N)cnc1Nc1ccccc1. The van der Waals surface area contributed by atoms with Crippen LogP contribution in [0.25, 0.3) is 0 Å². The molecule has 0 bridgehead atoms. The van der Waals surface area contributed by atoms with Crippen molar-refractivity contribution in [3.05, 3.63) is 48.2 Å². The van der Waals surface area contributed by atoms with Crippen molar-refractivity contribution in [2.75, 3.05) is 11.1 Å². The van der Waals surface area contributed by atoms with Crippen LogP contribution in [0, 0.1) is 0 Å². The Labute approximate surface area is 98.5 Å². The first kappa shape index (κ1) is 10.9. The number of carbonyl (C=O) groups excluding carboxylic acids is 1. The molecule has 0 aliphatic heterocycles. The minimum atomic E-state index is -0.566. The molecule has 0 aliphatic rings. The Morgan fingerprint density at radius 2 is 1.94 bits per heavy atom. The number of nitrogens with one attached hydrogen (secondary N) is 1. The molecule has 1 aromatic carbocycles. The molecule has 0 radical (unpaired) electrons. The Morgan fingerprint density at radius 1 is 1.24 bits per heavy atom. The van der Waals surface area contributed by atoms with Crippen LogP contribution in [0.3, 0.4) is 0 Å². The van der Waals surface area contributed by atoms with E-state index >= 15 is 0 Å². The summed E-state index contributed by atoms with van der Waals surface area (Å²) in [6.07, 6.45) is 1.47. The van der Waals surface area contributed by atoms with Gasteiger partial charge in [0.15, 0.2) is 0 Å². The highest BCUT2D eigenvalue weighted by Gasteiger charge is 2.10. The average molecular weight is 228 g/mol. The lowest BCUT2D eigenvalue weighted by molar-refractivity contribution is 0.100. The molecule has 5 nitrogen and oxygen atoms in total. The third-order valence-electron chi connectivity index (χ3n) is 2.21. The first-order valence-electron chi connectivity index (χ1n) is 5.04. The number of rotatable bonds is 3. The van der Waals surface area contributed by atoms with Crippen molar-refractivity contribution >= 4 is 23.1 Å². The van der Waals surface area contributed by atoms with E-state index in [0.717, 1.165) is 5.69 Å². The minimum Gasteiger partial charge on any atom is -0.397 e. The highest BCUT2D eigenvalue weighted by molar-refractivity contribution is 5.99. The van der Waals surface area contributed by atoms with Gasteiger partial charge in [-0.05, 0) is 18.2 Å². The molecule has 17 heavy (non-hydrogen) atoms. The molecule has 1 aromatic heterocycles. The Kier molecular flexibility index (Phi) is 2.91. The third kappa shape index (κ3) is 2.52. The first-order valence-corrected chi connectivity index (χ1v) is 5.04. The van der Waals surface area contributed by atoms with Crippen LogP contribution in [-0.4, -0.2) is 10.9 Å². The summed E-state index contributed by atoms with van der Waals surface area (Å²) in [5.74, 6) is -0.166. The van der Waals surface area contributed by atoms with Gasteiger partial charge in [0.2, 0.25) is 0 Å². The van der Waals surface area contributed by atoms with Gasteiger partial charge in [0.1, 0.15) is 5.82 Å². The molecule has 0 spiro atoms. The summed E-state index contributed by atoms with van der Waals surface area (Å²) >= 11 is 0. The van der Waals surface area contributed by atoms with Gasteiger partial charge in [-0.25, -0.2) is 4.98 Å². The molecule has 0 saturated carbocycles. The number of nitrogens with zero attached hydrogens (tertiary/aromatic N) is 1. The molecule has 2 aromatic rings. The van der Waals surface area contributed by atoms with Gasteiger partial charge in [-0.1, -0.05) is 18.2 Å². The number of pyridine rings is 1. The molecule has 0 saturated heterocycles. The molecule has 1 heterocycles. The monoisotopic (exact) mass is 228 g/mol. The van der Waals surface area contributed by atoms with Crippen LogP contribution < -0.4 is 16.8 Å². The Hall–Kier alpha value is -2.56. The fourth-order valence-corrected chi connectivity index (χ4v) is 1.43. The molecule has 5 heteroatoms. The molecule has 0 fully saturated rings. The normalized spacial score (nSPS) is 9.88. The second kappa shape index (κ2) is 4.52. The molecule has 86 valence electrons. The molecule has 2 rings (SSSR count). The summed E-state index contributed by atoms with van der Waals surface area (Å²) in [6.45, 7) is 0. The second-order valence-corrected chi connectivity index (χ2v) is 3.52. The Bertz CT molecular complexity index is 539. The van der Waals surface area contributed by atoms with E-state index in [1.54, 1.807) is 0 Å². The summed E-state index contributed by atoms with van der Waals surface area (Å²) < 4.78 is 0. The number of nitrogen functional groups attached to an aromatic ring is 1. The van der Waals surface area contributed by atoms with Crippen molar-refractivity contribution in [3.8, 4) is 0 Å². The summed E-state index contributed by atoms with van der Waals surface area (Å²) in [7, 11) is 0. The molecule has 0 unspecified atom stereocenters. The van der Waals surface area contributed by atoms with Crippen molar-refractivity contribution in [3.63, 3.8) is 0 Å². The van der Waals surface area contributed by atoms with Crippen molar-refractivity contribution < 1.29 is 4.79 Å². The molecular formula is C12H12N4O. The van der Waals surface area contributed by atoms with E-state index in [2.05, 4.69) is 10.3 Å². The predicted octanol–water partition coefficient (Wildman–Crippen LogP) is 1.51. The van der Waals surface area contributed by atoms with Crippen LogP contribution in [-0.2, 0) is 0 Å². The maximum Gasteiger partial charge on any atom is 0.252 e. The lowest BCUT2D eigenvalue weighted by atomic mass is 10.2. The van der Waals surface area contributed by atoms with E-state index in [9.17, 15) is 4.79 Å². The molecule has 5 N–H and O–H groups in total. The van der Waals surface area contributed by atoms with E-state index in [-0.39, 0.29) is 5.56 Å². The van der Waals surface area contributed by atoms with Crippen LogP contribution in [0.15, 0.2) is 42.6 Å². The Balaban J connectivity index is 2.36. The lowest BCUT2D eigenvalue weighted by Crippen LogP contribution is -2.14. The summed E-state index contributed by atoms with van der Waals surface area (Å²) in [6, 6.07) is 10.9. The largest absolute Gasteiger partial charge is 0.397 e. The number of para-hydroxylation sites is 1. The van der Waals surface area contributed by atoms with Gasteiger partial charge in [-0.3, -0.25) is 4.79 Å². The maximum absolute atomic E-state index is 11.3. The predicted molar refractivity (Wildman–Crippen MR) is 66.9 cm³/mol. The zero-order chi connectivity index (χ0) is 12.3. The number of hydrogen-bond acceptors (Lipinski definition) is 4. The van der Waals surface area contributed by atoms with Crippen molar-refractivity contribution in [1.29, 1.82) is 0 Å².